The number of nitrogens with zero attached hydrogens (tertiary/aromatic N) is 1. The number of hydrogen-bond donors (Lipinski definition) is 2. The summed E-state index contributed by atoms with van der Waals surface area (Å²) < 4.78 is 5.37. The average Bonchev–Trinajstić information content (AvgIpc) is 2.48. The molecule has 3 amide bonds. The molecule has 6 nitrogen and oxygen atoms in total. The summed E-state index contributed by atoms with van der Waals surface area (Å²) in [5, 5.41) is 2.53. The first-order chi connectivity index (χ1) is 10.6. The number of carbonyl (C=O) groups excluding carboxylic acids is 2. The molecule has 3 N–H and O–H groups in total. The average molecular weight is 299 g/mol. The molecule has 22 heavy (non-hydrogen) atoms. The number of amides is 3. The van der Waals surface area contributed by atoms with Gasteiger partial charge in [-0.05, 0) is 30.3 Å². The molecule has 0 saturated carbocycles. The van der Waals surface area contributed by atoms with Crippen LogP contribution < -0.4 is 20.7 Å². The molecule has 2 rings (SSSR count). The molecule has 2 aromatic carbocycles. The maximum absolute atomic E-state index is 12.2. The number of ether oxygens (including phenoxy) is 1. The molecule has 0 aliphatic heterocycles. The lowest BCUT2D eigenvalue weighted by molar-refractivity contribution is -0.115. The maximum Gasteiger partial charge on any atom is 0.331 e. The Bertz CT molecular complexity index is 659. The van der Waals surface area contributed by atoms with Crippen molar-refractivity contribution >= 4 is 23.3 Å². The number of nitrogens with two attached hydrogens (primary N) is 1. The molecule has 0 bridgehead atoms. The van der Waals surface area contributed by atoms with E-state index in [4.69, 9.17) is 10.5 Å². The van der Waals surface area contributed by atoms with E-state index in [-0.39, 0.29) is 6.73 Å². The van der Waals surface area contributed by atoms with Gasteiger partial charge in [0, 0.05) is 12.6 Å². The van der Waals surface area contributed by atoms with Gasteiger partial charge in [0.2, 0.25) is 5.91 Å². The first-order valence-electron chi connectivity index (χ1n) is 6.70. The van der Waals surface area contributed by atoms with Crippen LogP contribution >= 0.6 is 0 Å². The summed E-state index contributed by atoms with van der Waals surface area (Å²) in [5.41, 5.74) is 6.56. The summed E-state index contributed by atoms with van der Waals surface area (Å²) in [6, 6.07) is 15.0. The van der Waals surface area contributed by atoms with E-state index in [0.717, 1.165) is 4.90 Å². The zero-order valence-electron chi connectivity index (χ0n) is 12.2. The number of nitrogen functional groups attached to an aromatic ring is 1. The van der Waals surface area contributed by atoms with Crippen LogP contribution in [0.2, 0.25) is 0 Å². The summed E-state index contributed by atoms with van der Waals surface area (Å²) in [6.07, 6.45) is 0. The summed E-state index contributed by atoms with van der Waals surface area (Å²) in [6.45, 7) is 1.26. The lowest BCUT2D eigenvalue weighted by Gasteiger charge is -2.20. The van der Waals surface area contributed by atoms with Gasteiger partial charge in [-0.1, -0.05) is 24.3 Å². The largest absolute Gasteiger partial charge is 0.473 e. The first kappa shape index (κ1) is 15.4. The van der Waals surface area contributed by atoms with Gasteiger partial charge in [0.25, 0.3) is 0 Å². The highest BCUT2D eigenvalue weighted by Gasteiger charge is 2.20. The summed E-state index contributed by atoms with van der Waals surface area (Å²) in [4.78, 5) is 24.9. The van der Waals surface area contributed by atoms with Crippen LogP contribution in [0.4, 0.5) is 16.2 Å². The van der Waals surface area contributed by atoms with E-state index in [9.17, 15) is 9.59 Å². The van der Waals surface area contributed by atoms with Gasteiger partial charge in [-0.25, -0.2) is 9.69 Å². The van der Waals surface area contributed by atoms with Crippen molar-refractivity contribution in [2.24, 2.45) is 0 Å². The summed E-state index contributed by atoms with van der Waals surface area (Å²) in [7, 11) is 0. The van der Waals surface area contributed by atoms with E-state index in [0.29, 0.717) is 17.1 Å². The zero-order chi connectivity index (χ0) is 15.9. The maximum atomic E-state index is 12.2. The molecule has 0 aliphatic rings. The van der Waals surface area contributed by atoms with Crippen LogP contribution in [0.25, 0.3) is 0 Å². The second-order valence-electron chi connectivity index (χ2n) is 4.53. The molecule has 0 atom stereocenters. The molecule has 0 unspecified atom stereocenters. The minimum absolute atomic E-state index is 0.0467. The quantitative estimate of drug-likeness (QED) is 0.670. The fourth-order valence-corrected chi connectivity index (χ4v) is 1.88. The second-order valence-corrected chi connectivity index (χ2v) is 4.53. The van der Waals surface area contributed by atoms with Crippen LogP contribution in [0.5, 0.6) is 5.75 Å². The number of imide groups is 1. The van der Waals surface area contributed by atoms with E-state index in [1.807, 2.05) is 18.2 Å². The van der Waals surface area contributed by atoms with Gasteiger partial charge in [0.1, 0.15) is 5.75 Å². The highest BCUT2D eigenvalue weighted by Crippen LogP contribution is 2.18. The Balaban J connectivity index is 2.00. The van der Waals surface area contributed by atoms with Crippen molar-refractivity contribution in [3.63, 3.8) is 0 Å². The van der Waals surface area contributed by atoms with Crippen molar-refractivity contribution < 1.29 is 14.3 Å². The van der Waals surface area contributed by atoms with E-state index < -0.39 is 11.9 Å². The van der Waals surface area contributed by atoms with Crippen LogP contribution in [0.15, 0.2) is 54.6 Å². The Kier molecular flexibility index (Phi) is 4.98. The van der Waals surface area contributed by atoms with Crippen molar-refractivity contribution in [3.05, 3.63) is 54.6 Å². The molecule has 0 fully saturated rings. The number of anilines is 2. The monoisotopic (exact) mass is 299 g/mol. The Morgan fingerprint density at radius 2 is 1.86 bits per heavy atom. The minimum atomic E-state index is -0.575. The smallest absolute Gasteiger partial charge is 0.331 e. The third-order valence-electron chi connectivity index (χ3n) is 2.85. The molecule has 114 valence electrons. The van der Waals surface area contributed by atoms with E-state index in [1.165, 1.54) is 6.92 Å². The van der Waals surface area contributed by atoms with Crippen molar-refractivity contribution in [3.8, 4) is 5.75 Å². The normalized spacial score (nSPS) is 9.86. The Morgan fingerprint density at radius 1 is 1.14 bits per heavy atom. The third kappa shape index (κ3) is 3.99. The van der Waals surface area contributed by atoms with Gasteiger partial charge >= 0.3 is 6.03 Å². The number of rotatable bonds is 4. The summed E-state index contributed by atoms with van der Waals surface area (Å²) in [5.74, 6) is 0.212. The van der Waals surface area contributed by atoms with Crippen LogP contribution in [0.1, 0.15) is 6.92 Å². The number of benzene rings is 2. The SMILES string of the molecule is CC(=O)N(C(=O)NCOc1ccccc1)c1cccc(N)c1. The van der Waals surface area contributed by atoms with E-state index >= 15 is 0 Å². The van der Waals surface area contributed by atoms with Crippen molar-refractivity contribution in [1.29, 1.82) is 0 Å². The predicted molar refractivity (Wildman–Crippen MR) is 84.5 cm³/mol. The number of hydrogen-bond acceptors (Lipinski definition) is 4. The molecule has 0 aromatic heterocycles. The second kappa shape index (κ2) is 7.12. The van der Waals surface area contributed by atoms with Crippen LogP contribution in [0, 0.1) is 0 Å². The molecule has 0 aliphatic carbocycles. The summed E-state index contributed by atoms with van der Waals surface area (Å²) >= 11 is 0. The molecule has 0 spiro atoms. The molecule has 0 heterocycles. The number of nitrogens with one attached hydrogen (secondary N) is 1. The van der Waals surface area contributed by atoms with Crippen LogP contribution in [-0.4, -0.2) is 18.7 Å². The van der Waals surface area contributed by atoms with E-state index in [1.54, 1.807) is 36.4 Å². The lowest BCUT2D eigenvalue weighted by atomic mass is 10.2. The molecular formula is C16H17N3O3. The number of urea groups is 1. The minimum Gasteiger partial charge on any atom is -0.473 e. The van der Waals surface area contributed by atoms with Gasteiger partial charge in [0.05, 0.1) is 5.69 Å². The Hall–Kier alpha value is -3.02. The predicted octanol–water partition coefficient (Wildman–Crippen LogP) is 2.37. The lowest BCUT2D eigenvalue weighted by Crippen LogP contribution is -2.44. The highest BCUT2D eigenvalue weighted by atomic mass is 16.5. The third-order valence-corrected chi connectivity index (χ3v) is 2.85. The number of para-hydroxylation sites is 1. The van der Waals surface area contributed by atoms with Crippen LogP contribution in [0.3, 0.4) is 0 Å². The highest BCUT2D eigenvalue weighted by molar-refractivity contribution is 6.13. The van der Waals surface area contributed by atoms with Gasteiger partial charge in [-0.15, -0.1) is 0 Å². The molecule has 0 radical (unpaired) electrons. The van der Waals surface area contributed by atoms with E-state index in [2.05, 4.69) is 5.32 Å². The standard InChI is InChI=1S/C16H17N3O3/c1-12(20)19(14-7-5-6-13(17)10-14)16(21)18-11-22-15-8-3-2-4-9-15/h2-10H,11,17H2,1H3,(H,18,21). The van der Waals surface area contributed by atoms with Crippen molar-refractivity contribution in [1.82, 2.24) is 5.32 Å². The first-order valence-corrected chi connectivity index (χ1v) is 6.70. The number of carbonyl (C=O) groups is 2. The van der Waals surface area contributed by atoms with Crippen molar-refractivity contribution in [2.45, 2.75) is 6.92 Å². The Labute approximate surface area is 128 Å². The van der Waals surface area contributed by atoms with Gasteiger partial charge in [-0.2, -0.15) is 0 Å². The zero-order valence-corrected chi connectivity index (χ0v) is 12.2. The molecular weight excluding hydrogens is 282 g/mol. The van der Waals surface area contributed by atoms with Gasteiger partial charge in [-0.3, -0.25) is 4.79 Å². The van der Waals surface area contributed by atoms with Crippen LogP contribution in [-0.2, 0) is 4.79 Å². The fourth-order valence-electron chi connectivity index (χ4n) is 1.88. The molecule has 2 aromatic rings. The molecule has 0 saturated heterocycles. The Morgan fingerprint density at radius 3 is 2.50 bits per heavy atom. The topological polar surface area (TPSA) is 84.7 Å². The fraction of sp³-hybridized carbons (Fsp3) is 0.125. The van der Waals surface area contributed by atoms with Crippen molar-refractivity contribution in [2.75, 3.05) is 17.4 Å². The van der Waals surface area contributed by atoms with Gasteiger partial charge in [0.15, 0.2) is 6.73 Å². The van der Waals surface area contributed by atoms with Gasteiger partial charge < -0.3 is 15.8 Å². The molecule has 6 heteroatoms.